The van der Waals surface area contributed by atoms with Crippen LogP contribution in [0.15, 0.2) is 79.1 Å². The van der Waals surface area contributed by atoms with Gasteiger partial charge in [0.15, 0.2) is 25.6 Å². The summed E-state index contributed by atoms with van der Waals surface area (Å²) in [6.45, 7) is 28.3. The molecule has 274 valence electrons. The molecule has 2 heterocycles. The fraction of sp³-hybridized carbons (Fsp3) is 0.487. The summed E-state index contributed by atoms with van der Waals surface area (Å²) in [5.41, 5.74) is -0.327. The summed E-state index contributed by atoms with van der Waals surface area (Å²) in [5.74, 6) is 0.0371. The van der Waals surface area contributed by atoms with Crippen LogP contribution in [-0.2, 0) is 19.3 Å². The number of anilines is 1. The van der Waals surface area contributed by atoms with Crippen LogP contribution in [0.5, 0.6) is 0 Å². The minimum absolute atomic E-state index is 0.0171. The first-order chi connectivity index (χ1) is 23.7. The summed E-state index contributed by atoms with van der Waals surface area (Å²) in [7, 11) is -3.92. The van der Waals surface area contributed by atoms with Crippen LogP contribution in [-0.4, -0.2) is 55.4 Å². The Balaban J connectivity index is 1.67. The second-order valence-corrected chi connectivity index (χ2v) is 22.1. The van der Waals surface area contributed by atoms with Crippen LogP contribution in [0.3, 0.4) is 0 Å². The first-order valence-corrected chi connectivity index (χ1v) is 22.5. The number of aromatic nitrogens is 4. The lowest BCUT2D eigenvalue weighted by Gasteiger charge is -2.44. The van der Waals surface area contributed by atoms with E-state index in [9.17, 15) is 4.79 Å². The molecule has 1 amide bonds. The number of carbonyl (C=O) groups excluding carboxylic acids is 1. The number of ether oxygens (including phenoxy) is 1. The fourth-order valence-electron chi connectivity index (χ4n) is 7.28. The summed E-state index contributed by atoms with van der Waals surface area (Å²) in [6.07, 6.45) is 1.48. The number of hydrogen-bond acceptors (Lipinski definition) is 7. The van der Waals surface area contributed by atoms with E-state index in [0.717, 1.165) is 5.57 Å². The van der Waals surface area contributed by atoms with Crippen molar-refractivity contribution in [2.45, 2.75) is 99.3 Å². The number of fused-ring (bicyclic) bond motifs is 1. The monoisotopic (exact) mass is 747 g/mol. The number of benzene rings is 2. The van der Waals surface area contributed by atoms with Crippen LogP contribution in [0.25, 0.3) is 11.2 Å². The van der Waals surface area contributed by atoms with Crippen molar-refractivity contribution in [1.82, 2.24) is 19.5 Å². The van der Waals surface area contributed by atoms with E-state index < -0.39 is 35.5 Å². The Labute approximate surface area is 311 Å². The summed E-state index contributed by atoms with van der Waals surface area (Å²) >= 11 is 6.71. The first-order valence-electron chi connectivity index (χ1n) is 17.7. The number of imidazole rings is 1. The van der Waals surface area contributed by atoms with Crippen LogP contribution < -0.4 is 15.7 Å². The topological polar surface area (TPSA) is 100 Å². The maximum Gasteiger partial charge on any atom is 0.414 e. The quantitative estimate of drug-likeness (QED) is 0.107. The molecular weight excluding hydrogens is 694 g/mol. The Bertz CT molecular complexity index is 1810. The van der Waals surface area contributed by atoms with E-state index in [2.05, 4.69) is 126 Å². The van der Waals surface area contributed by atoms with Crippen LogP contribution >= 0.6 is 11.6 Å². The van der Waals surface area contributed by atoms with Crippen LogP contribution in [0.4, 0.5) is 10.7 Å². The predicted molar refractivity (Wildman–Crippen MR) is 212 cm³/mol. The summed E-state index contributed by atoms with van der Waals surface area (Å²) in [6, 6.07) is 21.2. The van der Waals surface area contributed by atoms with Gasteiger partial charge in [-0.15, -0.1) is 0 Å². The molecule has 4 atom stereocenters. The highest BCUT2D eigenvalue weighted by Crippen LogP contribution is 2.58. The van der Waals surface area contributed by atoms with Gasteiger partial charge in [0.2, 0.25) is 15.0 Å². The molecule has 0 radical (unpaired) electrons. The second kappa shape index (κ2) is 14.6. The number of halogens is 1. The summed E-state index contributed by atoms with van der Waals surface area (Å²) in [5, 5.41) is 5.22. The average molecular weight is 749 g/mol. The molecule has 1 saturated carbocycles. The molecule has 1 aliphatic rings. The Hall–Kier alpha value is -3.36. The predicted octanol–water partition coefficient (Wildman–Crippen LogP) is 7.69. The third-order valence-electron chi connectivity index (χ3n) is 9.40. The van der Waals surface area contributed by atoms with Gasteiger partial charge in [0.25, 0.3) is 0 Å². The molecule has 51 heavy (non-hydrogen) atoms. The van der Waals surface area contributed by atoms with E-state index in [1.165, 1.54) is 10.4 Å². The molecule has 4 aromatic rings. The lowest BCUT2D eigenvalue weighted by Crippen LogP contribution is -2.53. The molecule has 2 aromatic carbocycles. The molecule has 5 rings (SSSR count). The lowest BCUT2D eigenvalue weighted by atomic mass is 9.68. The maximum atomic E-state index is 12.8. The Kier molecular flexibility index (Phi) is 11.1. The zero-order valence-electron chi connectivity index (χ0n) is 32.0. The van der Waals surface area contributed by atoms with Gasteiger partial charge in [0.05, 0.1) is 12.4 Å². The van der Waals surface area contributed by atoms with E-state index in [4.69, 9.17) is 41.7 Å². The Morgan fingerprint density at radius 2 is 1.53 bits per heavy atom. The van der Waals surface area contributed by atoms with Gasteiger partial charge >= 0.3 is 6.09 Å². The molecule has 9 nitrogen and oxygen atoms in total. The van der Waals surface area contributed by atoms with Crippen LogP contribution in [0.1, 0.15) is 68.7 Å². The molecule has 1 aliphatic carbocycles. The van der Waals surface area contributed by atoms with Gasteiger partial charge in [-0.05, 0) is 66.6 Å². The summed E-state index contributed by atoms with van der Waals surface area (Å²) in [4.78, 5) is 26.6. The van der Waals surface area contributed by atoms with Crippen molar-refractivity contribution in [3.8, 4) is 0 Å². The number of nitrogens with zero attached hydrogens (tertiary/aromatic N) is 4. The van der Waals surface area contributed by atoms with Crippen molar-refractivity contribution in [3.63, 3.8) is 0 Å². The Morgan fingerprint density at radius 3 is 2.02 bits per heavy atom. The van der Waals surface area contributed by atoms with Gasteiger partial charge in [0.1, 0.15) is 11.1 Å². The molecule has 0 spiro atoms. The number of hydrogen-bond donors (Lipinski definition) is 1. The third-order valence-corrected chi connectivity index (χ3v) is 13.1. The van der Waals surface area contributed by atoms with Crippen molar-refractivity contribution >= 4 is 63.3 Å². The molecule has 0 bridgehead atoms. The van der Waals surface area contributed by atoms with Gasteiger partial charge in [-0.3, -0.25) is 9.88 Å². The maximum absolute atomic E-state index is 12.8. The highest BCUT2D eigenvalue weighted by atomic mass is 35.5. The van der Waals surface area contributed by atoms with Crippen molar-refractivity contribution in [1.29, 1.82) is 0 Å². The number of rotatable bonds is 9. The SMILES string of the molecule is C=C1[C@H](C(O[SiH](c2ccccc2)c2ccccc2)C(C)(C)C)[C@@H](C(C)(C)C)C[C@@]1(O[SiH](C)C)n1cnc2c(Cl)nc(NC(=O)OC(C)(C)C)nc21. The lowest BCUT2D eigenvalue weighted by molar-refractivity contribution is 0.00723. The van der Waals surface area contributed by atoms with E-state index in [0.29, 0.717) is 17.6 Å². The van der Waals surface area contributed by atoms with E-state index in [-0.39, 0.29) is 39.9 Å². The average Bonchev–Trinajstić information content (AvgIpc) is 3.57. The molecule has 1 N–H and O–H groups in total. The van der Waals surface area contributed by atoms with Crippen LogP contribution in [0, 0.1) is 22.7 Å². The minimum atomic E-state index is -2.17. The van der Waals surface area contributed by atoms with Gasteiger partial charge in [-0.2, -0.15) is 9.97 Å². The van der Waals surface area contributed by atoms with Gasteiger partial charge in [0, 0.05) is 12.3 Å². The van der Waals surface area contributed by atoms with Crippen molar-refractivity contribution in [2.24, 2.45) is 22.7 Å². The van der Waals surface area contributed by atoms with Crippen molar-refractivity contribution < 1.29 is 18.4 Å². The van der Waals surface area contributed by atoms with Crippen molar-refractivity contribution in [3.05, 3.63) is 84.3 Å². The number of amides is 1. The standard InChI is InChI=1S/C39H54ClN5O4Si2/c1-25-29(31(37(5,6)7)48-51(26-19-15-13-16-20-26)27-21-17-14-18-22-27)28(36(2,3)4)23-39(25,49-50(11)12)45-24-41-30-32(40)42-34(43-33(30)45)44-35(46)47-38(8,9)10/h13-22,24,28-29,31,50-51H,1,23H2,2-12H3,(H,42,43,44,46)/t28-,29-,31?,39-/m0/s1. The fourth-order valence-corrected chi connectivity index (χ4v) is 11.3. The largest absolute Gasteiger partial charge is 0.444 e. The van der Waals surface area contributed by atoms with Gasteiger partial charge in [-0.25, -0.2) is 9.78 Å². The van der Waals surface area contributed by atoms with Crippen molar-refractivity contribution in [2.75, 3.05) is 5.32 Å². The zero-order valence-corrected chi connectivity index (χ0v) is 35.0. The second-order valence-electron chi connectivity index (χ2n) is 17.1. The molecule has 12 heteroatoms. The molecule has 0 saturated heterocycles. The molecule has 1 unspecified atom stereocenters. The zero-order chi connectivity index (χ0) is 37.5. The normalized spacial score (nSPS) is 20.7. The van der Waals surface area contributed by atoms with E-state index >= 15 is 0 Å². The smallest absolute Gasteiger partial charge is 0.414 e. The number of carbonyl (C=O) groups is 1. The molecule has 0 aliphatic heterocycles. The molecule has 1 fully saturated rings. The molecule has 2 aromatic heterocycles. The van der Waals surface area contributed by atoms with E-state index in [1.807, 2.05) is 4.57 Å². The Morgan fingerprint density at radius 1 is 0.961 bits per heavy atom. The minimum Gasteiger partial charge on any atom is -0.444 e. The summed E-state index contributed by atoms with van der Waals surface area (Å²) < 4.78 is 22.2. The molecular formula is C39H54ClN5O4Si2. The first kappa shape index (κ1) is 38.9. The highest BCUT2D eigenvalue weighted by molar-refractivity contribution is 6.80. The van der Waals surface area contributed by atoms with E-state index in [1.54, 1.807) is 27.1 Å². The van der Waals surface area contributed by atoms with Gasteiger partial charge in [-0.1, -0.05) is 120 Å². The van der Waals surface area contributed by atoms with Crippen LogP contribution in [0.2, 0.25) is 18.2 Å². The third kappa shape index (κ3) is 8.49. The number of nitrogens with one attached hydrogen (secondary N) is 1. The van der Waals surface area contributed by atoms with Gasteiger partial charge < -0.3 is 13.6 Å². The highest BCUT2D eigenvalue weighted by Gasteiger charge is 2.59.